The Kier molecular flexibility index (Phi) is 6.90. The van der Waals surface area contributed by atoms with Gasteiger partial charge in [0, 0.05) is 43.4 Å². The number of halogens is 1. The van der Waals surface area contributed by atoms with Gasteiger partial charge in [-0.25, -0.2) is 0 Å². The van der Waals surface area contributed by atoms with E-state index in [1.165, 1.54) is 11.3 Å². The third kappa shape index (κ3) is 5.54. The summed E-state index contributed by atoms with van der Waals surface area (Å²) < 4.78 is 5.80. The lowest BCUT2D eigenvalue weighted by Crippen LogP contribution is -2.49. The monoisotopic (exact) mass is 422 g/mol. The predicted octanol–water partition coefficient (Wildman–Crippen LogP) is 4.57. The number of ether oxygens (including phenoxy) is 1. The normalized spacial score (nSPS) is 15.7. The molecule has 1 fully saturated rings. The number of nitrogens with zero attached hydrogens (tertiary/aromatic N) is 2. The first-order chi connectivity index (χ1) is 14.7. The highest BCUT2D eigenvalue weighted by Crippen LogP contribution is 2.22. The van der Waals surface area contributed by atoms with Crippen molar-refractivity contribution in [1.29, 1.82) is 0 Å². The average Bonchev–Trinajstić information content (AvgIpc) is 2.80. The van der Waals surface area contributed by atoms with Crippen LogP contribution in [0.25, 0.3) is 11.1 Å². The molecule has 4 rings (SSSR count). The summed E-state index contributed by atoms with van der Waals surface area (Å²) in [4.78, 5) is 4.64. The van der Waals surface area contributed by atoms with Crippen LogP contribution in [0.5, 0.6) is 5.75 Å². The number of β-amino-alcohol motifs (C(OH)–C–C–N with tert-alkyl or cyclic N) is 1. The Morgan fingerprint density at radius 1 is 0.800 bits per heavy atom. The Morgan fingerprint density at radius 3 is 2.10 bits per heavy atom. The van der Waals surface area contributed by atoms with Crippen molar-refractivity contribution in [2.45, 2.75) is 6.10 Å². The molecule has 0 spiro atoms. The van der Waals surface area contributed by atoms with E-state index >= 15 is 0 Å². The number of hydrogen-bond acceptors (Lipinski definition) is 4. The van der Waals surface area contributed by atoms with E-state index in [1.54, 1.807) is 0 Å². The number of aliphatic hydroxyl groups excluding tert-OH is 1. The second-order valence-corrected chi connectivity index (χ2v) is 8.06. The Balaban J connectivity index is 1.21. The summed E-state index contributed by atoms with van der Waals surface area (Å²) in [5.41, 5.74) is 3.53. The minimum Gasteiger partial charge on any atom is -0.491 e. The van der Waals surface area contributed by atoms with Gasteiger partial charge in [-0.2, -0.15) is 0 Å². The molecule has 30 heavy (non-hydrogen) atoms. The van der Waals surface area contributed by atoms with Gasteiger partial charge < -0.3 is 14.7 Å². The molecule has 5 heteroatoms. The molecule has 1 aliphatic heterocycles. The Hall–Kier alpha value is -2.53. The molecule has 1 aliphatic rings. The SMILES string of the molecule is O[C@H](COc1ccc(-c2ccccc2)cc1)CN1CCN(c2ccc(Cl)cc2)CC1. The highest BCUT2D eigenvalue weighted by Gasteiger charge is 2.19. The smallest absolute Gasteiger partial charge is 0.119 e. The second kappa shape index (κ2) is 9.98. The fourth-order valence-electron chi connectivity index (χ4n) is 3.76. The van der Waals surface area contributed by atoms with Gasteiger partial charge in [-0.15, -0.1) is 0 Å². The number of aliphatic hydroxyl groups is 1. The molecular weight excluding hydrogens is 396 g/mol. The van der Waals surface area contributed by atoms with Crippen LogP contribution in [0.15, 0.2) is 78.9 Å². The summed E-state index contributed by atoms with van der Waals surface area (Å²) in [6.45, 7) is 4.64. The summed E-state index contributed by atoms with van der Waals surface area (Å²) in [5.74, 6) is 0.779. The van der Waals surface area contributed by atoms with Gasteiger partial charge in [0.15, 0.2) is 0 Å². The summed E-state index contributed by atoms with van der Waals surface area (Å²) in [6.07, 6.45) is -0.513. The minimum absolute atomic E-state index is 0.294. The molecule has 0 saturated carbocycles. The maximum absolute atomic E-state index is 10.4. The van der Waals surface area contributed by atoms with Gasteiger partial charge in [0.1, 0.15) is 18.5 Å². The van der Waals surface area contributed by atoms with E-state index < -0.39 is 6.10 Å². The topological polar surface area (TPSA) is 35.9 Å². The Morgan fingerprint density at radius 2 is 1.43 bits per heavy atom. The molecule has 3 aromatic rings. The molecule has 1 N–H and O–H groups in total. The summed E-state index contributed by atoms with van der Waals surface area (Å²) in [6, 6.07) is 26.2. The zero-order valence-corrected chi connectivity index (χ0v) is 17.7. The lowest BCUT2D eigenvalue weighted by Gasteiger charge is -2.36. The van der Waals surface area contributed by atoms with Crippen LogP contribution in [0.2, 0.25) is 5.02 Å². The van der Waals surface area contributed by atoms with Crippen LogP contribution in [0, 0.1) is 0 Å². The van der Waals surface area contributed by atoms with Crippen LogP contribution in [0.4, 0.5) is 5.69 Å². The van der Waals surface area contributed by atoms with E-state index in [-0.39, 0.29) is 0 Å². The van der Waals surface area contributed by atoms with Crippen LogP contribution in [-0.2, 0) is 0 Å². The van der Waals surface area contributed by atoms with E-state index in [9.17, 15) is 5.11 Å². The zero-order chi connectivity index (χ0) is 20.8. The standard InChI is InChI=1S/C25H27ClN2O2/c26-22-8-10-23(11-9-22)28-16-14-27(15-17-28)18-24(29)19-30-25-12-6-21(7-13-25)20-4-2-1-3-5-20/h1-13,24,29H,14-19H2/t24-/m0/s1. The molecule has 156 valence electrons. The van der Waals surface area contributed by atoms with Crippen molar-refractivity contribution in [3.05, 3.63) is 83.9 Å². The van der Waals surface area contributed by atoms with Crippen molar-refractivity contribution >= 4 is 17.3 Å². The first kappa shape index (κ1) is 20.7. The molecule has 0 amide bonds. The fraction of sp³-hybridized carbons (Fsp3) is 0.280. The average molecular weight is 423 g/mol. The molecule has 0 aliphatic carbocycles. The first-order valence-corrected chi connectivity index (χ1v) is 10.7. The van der Waals surface area contributed by atoms with Crippen LogP contribution in [0.1, 0.15) is 0 Å². The zero-order valence-electron chi connectivity index (χ0n) is 17.0. The predicted molar refractivity (Wildman–Crippen MR) is 123 cm³/mol. The maximum atomic E-state index is 10.4. The lowest BCUT2D eigenvalue weighted by atomic mass is 10.1. The fourth-order valence-corrected chi connectivity index (χ4v) is 3.88. The molecule has 0 unspecified atom stereocenters. The number of hydrogen-bond donors (Lipinski definition) is 1. The number of anilines is 1. The van der Waals surface area contributed by atoms with E-state index in [4.69, 9.17) is 16.3 Å². The van der Waals surface area contributed by atoms with Gasteiger partial charge in [0.25, 0.3) is 0 Å². The van der Waals surface area contributed by atoms with Crippen molar-refractivity contribution in [1.82, 2.24) is 4.90 Å². The van der Waals surface area contributed by atoms with Crippen LogP contribution < -0.4 is 9.64 Å². The van der Waals surface area contributed by atoms with Gasteiger partial charge in [-0.05, 0) is 47.5 Å². The first-order valence-electron chi connectivity index (χ1n) is 10.4. The number of rotatable bonds is 7. The molecule has 0 bridgehead atoms. The van der Waals surface area contributed by atoms with Crippen LogP contribution in [-0.4, -0.2) is 55.4 Å². The van der Waals surface area contributed by atoms with Crippen molar-refractivity contribution in [2.75, 3.05) is 44.2 Å². The van der Waals surface area contributed by atoms with Crippen LogP contribution in [0.3, 0.4) is 0 Å². The minimum atomic E-state index is -0.513. The van der Waals surface area contributed by atoms with Crippen molar-refractivity contribution in [2.24, 2.45) is 0 Å². The summed E-state index contributed by atoms with van der Waals surface area (Å²) in [5, 5.41) is 11.2. The van der Waals surface area contributed by atoms with Gasteiger partial charge in [0.2, 0.25) is 0 Å². The van der Waals surface area contributed by atoms with E-state index in [2.05, 4.69) is 34.1 Å². The van der Waals surface area contributed by atoms with E-state index in [0.717, 1.165) is 42.5 Å². The molecular formula is C25H27ClN2O2. The lowest BCUT2D eigenvalue weighted by molar-refractivity contribution is 0.0663. The summed E-state index contributed by atoms with van der Waals surface area (Å²) >= 11 is 5.97. The highest BCUT2D eigenvalue weighted by molar-refractivity contribution is 6.30. The number of piperazine rings is 1. The van der Waals surface area contributed by atoms with Gasteiger partial charge in [0.05, 0.1) is 0 Å². The van der Waals surface area contributed by atoms with Gasteiger partial charge >= 0.3 is 0 Å². The maximum Gasteiger partial charge on any atom is 0.119 e. The van der Waals surface area contributed by atoms with E-state index in [1.807, 2.05) is 54.6 Å². The van der Waals surface area contributed by atoms with Gasteiger partial charge in [-0.3, -0.25) is 4.90 Å². The molecule has 0 aromatic heterocycles. The largest absolute Gasteiger partial charge is 0.491 e. The van der Waals surface area contributed by atoms with Crippen molar-refractivity contribution in [3.63, 3.8) is 0 Å². The molecule has 0 radical (unpaired) electrons. The molecule has 1 saturated heterocycles. The third-order valence-electron chi connectivity index (χ3n) is 5.44. The molecule has 1 atom stereocenters. The Labute approximate surface area is 183 Å². The highest BCUT2D eigenvalue weighted by atomic mass is 35.5. The third-order valence-corrected chi connectivity index (χ3v) is 5.69. The van der Waals surface area contributed by atoms with Crippen LogP contribution >= 0.6 is 11.6 Å². The second-order valence-electron chi connectivity index (χ2n) is 7.62. The van der Waals surface area contributed by atoms with Gasteiger partial charge in [-0.1, -0.05) is 54.1 Å². The van der Waals surface area contributed by atoms with Crippen molar-refractivity contribution in [3.8, 4) is 16.9 Å². The molecule has 1 heterocycles. The molecule has 4 nitrogen and oxygen atoms in total. The Bertz CT molecular complexity index is 908. The van der Waals surface area contributed by atoms with Crippen molar-refractivity contribution < 1.29 is 9.84 Å². The van der Waals surface area contributed by atoms with E-state index in [0.29, 0.717) is 13.2 Å². The number of benzene rings is 3. The molecule has 3 aromatic carbocycles. The quantitative estimate of drug-likeness (QED) is 0.605. The summed E-state index contributed by atoms with van der Waals surface area (Å²) in [7, 11) is 0.